The largest absolute Gasteiger partial charge is 0.465 e. The zero-order valence-corrected chi connectivity index (χ0v) is 21.9. The molecule has 9 nitrogen and oxygen atoms in total. The van der Waals surface area contributed by atoms with E-state index in [1.165, 1.54) is 12.9 Å². The molecule has 0 bridgehead atoms. The zero-order chi connectivity index (χ0) is 30.9. The topological polar surface area (TPSA) is 106 Å². The SMILES string of the molecule is CCOC(=O)C1(C)C(=C=O)N(C(=O)N(C(=O)OC)c2ccc(C(F)(F)F)cc2)N=C1c1ccc(C(F)(F)F)c(Cl)c1. The minimum absolute atomic E-state index is 0.217. The number of benzene rings is 2. The summed E-state index contributed by atoms with van der Waals surface area (Å²) in [5.41, 5.74) is -6.60. The number of carbonyl (C=O) groups excluding carboxylic acids is 4. The standard InChI is InChI=1S/C25H18ClF6N3O6/c1-4-41-20(37)23(2)18(12-36)35(33-19(23)13-5-10-16(17(26)11-13)25(30,31)32)21(38)34(22(39)40-3)15-8-6-14(7-9-15)24(27,28)29/h5-11H,4H2,1-3H3. The van der Waals surface area contributed by atoms with Gasteiger partial charge in [0.2, 0.25) is 0 Å². The van der Waals surface area contributed by atoms with Gasteiger partial charge >= 0.3 is 30.4 Å². The molecular formula is C25H18ClF6N3O6. The highest BCUT2D eigenvalue weighted by molar-refractivity contribution is 6.32. The normalized spacial score (nSPS) is 17.1. The van der Waals surface area contributed by atoms with Crippen molar-refractivity contribution in [2.75, 3.05) is 18.6 Å². The highest BCUT2D eigenvalue weighted by Gasteiger charge is 2.55. The van der Waals surface area contributed by atoms with Crippen molar-refractivity contribution in [2.45, 2.75) is 26.2 Å². The summed E-state index contributed by atoms with van der Waals surface area (Å²) >= 11 is 5.83. The van der Waals surface area contributed by atoms with Gasteiger partial charge in [-0.05, 0) is 50.2 Å². The highest BCUT2D eigenvalue weighted by Crippen LogP contribution is 2.43. The van der Waals surface area contributed by atoms with E-state index in [-0.39, 0.29) is 22.1 Å². The number of anilines is 1. The second-order valence-electron chi connectivity index (χ2n) is 8.38. The average molecular weight is 606 g/mol. The summed E-state index contributed by atoms with van der Waals surface area (Å²) < 4.78 is 88.5. The number of methoxy groups -OCH3 is 1. The number of urea groups is 1. The summed E-state index contributed by atoms with van der Waals surface area (Å²) in [5.74, 6) is 0.219. The van der Waals surface area contributed by atoms with E-state index in [1.54, 1.807) is 0 Å². The number of ether oxygens (including phenoxy) is 2. The molecule has 2 aromatic carbocycles. The first kappa shape index (κ1) is 31.2. The van der Waals surface area contributed by atoms with Crippen molar-refractivity contribution in [3.05, 3.63) is 69.9 Å². The number of esters is 1. The molecule has 1 unspecified atom stereocenters. The minimum atomic E-state index is -4.84. The van der Waals surface area contributed by atoms with Crippen LogP contribution in [0.3, 0.4) is 0 Å². The van der Waals surface area contributed by atoms with Crippen molar-refractivity contribution in [1.82, 2.24) is 5.01 Å². The Bertz CT molecular complexity index is 1470. The molecule has 0 spiro atoms. The third-order valence-corrected chi connectivity index (χ3v) is 6.18. The molecule has 41 heavy (non-hydrogen) atoms. The monoisotopic (exact) mass is 605 g/mol. The number of imide groups is 1. The number of rotatable bonds is 4. The molecule has 0 aliphatic carbocycles. The van der Waals surface area contributed by atoms with Gasteiger partial charge in [-0.2, -0.15) is 41.4 Å². The summed E-state index contributed by atoms with van der Waals surface area (Å²) in [7, 11) is 0.856. The number of amides is 3. The van der Waals surface area contributed by atoms with Gasteiger partial charge in [-0.3, -0.25) is 4.79 Å². The van der Waals surface area contributed by atoms with Crippen molar-refractivity contribution in [1.29, 1.82) is 0 Å². The van der Waals surface area contributed by atoms with Crippen molar-refractivity contribution in [3.63, 3.8) is 0 Å². The van der Waals surface area contributed by atoms with E-state index >= 15 is 0 Å². The van der Waals surface area contributed by atoms with Gasteiger partial charge in [0.25, 0.3) is 0 Å². The van der Waals surface area contributed by atoms with E-state index < -0.39 is 69.1 Å². The van der Waals surface area contributed by atoms with Gasteiger partial charge in [0.15, 0.2) is 11.1 Å². The van der Waals surface area contributed by atoms with Crippen molar-refractivity contribution >= 4 is 47.0 Å². The van der Waals surface area contributed by atoms with Crippen LogP contribution >= 0.6 is 11.6 Å². The number of hydrogen-bond acceptors (Lipinski definition) is 7. The van der Waals surface area contributed by atoms with Crippen LogP contribution in [0.4, 0.5) is 41.6 Å². The van der Waals surface area contributed by atoms with Gasteiger partial charge < -0.3 is 9.47 Å². The second kappa shape index (κ2) is 11.3. The maximum absolute atomic E-state index is 13.6. The van der Waals surface area contributed by atoms with Crippen LogP contribution < -0.4 is 4.90 Å². The lowest BCUT2D eigenvalue weighted by Gasteiger charge is -2.27. The number of carbonyl (C=O) groups is 3. The number of hydrogen-bond donors (Lipinski definition) is 0. The van der Waals surface area contributed by atoms with Gasteiger partial charge in [-0.25, -0.2) is 14.4 Å². The fraction of sp³-hybridized carbons (Fsp3) is 0.280. The molecule has 0 radical (unpaired) electrons. The third-order valence-electron chi connectivity index (χ3n) is 5.87. The molecule has 16 heteroatoms. The summed E-state index contributed by atoms with van der Waals surface area (Å²) in [6, 6.07) is 3.44. The molecule has 3 rings (SSSR count). The Morgan fingerprint density at radius 2 is 1.66 bits per heavy atom. The van der Waals surface area contributed by atoms with E-state index in [4.69, 9.17) is 16.3 Å². The highest BCUT2D eigenvalue weighted by atomic mass is 35.5. The van der Waals surface area contributed by atoms with E-state index in [1.807, 2.05) is 0 Å². The molecule has 0 aromatic heterocycles. The average Bonchev–Trinajstić information content (AvgIpc) is 3.21. The first-order valence-corrected chi connectivity index (χ1v) is 11.7. The molecular weight excluding hydrogens is 588 g/mol. The van der Waals surface area contributed by atoms with Crippen LogP contribution in [0.15, 0.2) is 53.3 Å². The molecule has 1 atom stereocenters. The molecule has 0 fully saturated rings. The Morgan fingerprint density at radius 1 is 1.05 bits per heavy atom. The molecule has 218 valence electrons. The smallest absolute Gasteiger partial charge is 0.422 e. The zero-order valence-electron chi connectivity index (χ0n) is 21.2. The molecule has 1 heterocycles. The lowest BCUT2D eigenvalue weighted by Crippen LogP contribution is -2.46. The van der Waals surface area contributed by atoms with Crippen LogP contribution in [0.1, 0.15) is 30.5 Å². The molecule has 0 N–H and O–H groups in total. The fourth-order valence-electron chi connectivity index (χ4n) is 3.84. The van der Waals surface area contributed by atoms with Crippen LogP contribution in [0.25, 0.3) is 0 Å². The summed E-state index contributed by atoms with van der Waals surface area (Å²) in [6.07, 6.45) is -11.0. The number of alkyl halides is 6. The number of halogens is 7. The molecule has 2 aromatic rings. The fourth-order valence-corrected chi connectivity index (χ4v) is 4.13. The predicted molar refractivity (Wildman–Crippen MR) is 131 cm³/mol. The Hall–Kier alpha value is -4.36. The van der Waals surface area contributed by atoms with Gasteiger partial charge in [0.05, 0.1) is 41.3 Å². The van der Waals surface area contributed by atoms with Crippen LogP contribution in [0, 0.1) is 5.41 Å². The first-order valence-electron chi connectivity index (χ1n) is 11.3. The van der Waals surface area contributed by atoms with Crippen molar-refractivity contribution in [3.8, 4) is 0 Å². The summed E-state index contributed by atoms with van der Waals surface area (Å²) in [5, 5.41) is 3.40. The van der Waals surface area contributed by atoms with E-state index in [2.05, 4.69) is 9.84 Å². The number of hydrazone groups is 1. The van der Waals surface area contributed by atoms with Gasteiger partial charge in [0, 0.05) is 5.56 Å². The molecule has 1 aliphatic rings. The summed E-state index contributed by atoms with van der Waals surface area (Å²) in [4.78, 5) is 51.6. The third kappa shape index (κ3) is 5.77. The first-order chi connectivity index (χ1) is 19.0. The van der Waals surface area contributed by atoms with Crippen molar-refractivity contribution in [2.24, 2.45) is 10.5 Å². The molecule has 1 aliphatic heterocycles. The van der Waals surface area contributed by atoms with Gasteiger partial charge in [-0.1, -0.05) is 17.7 Å². The van der Waals surface area contributed by atoms with Crippen LogP contribution in [0.2, 0.25) is 5.02 Å². The van der Waals surface area contributed by atoms with Gasteiger partial charge in [-0.15, -0.1) is 0 Å². The van der Waals surface area contributed by atoms with Gasteiger partial charge in [0.1, 0.15) is 5.94 Å². The molecule has 0 saturated heterocycles. The molecule has 3 amide bonds. The minimum Gasteiger partial charge on any atom is -0.465 e. The Morgan fingerprint density at radius 3 is 2.12 bits per heavy atom. The second-order valence-corrected chi connectivity index (χ2v) is 8.79. The maximum Gasteiger partial charge on any atom is 0.422 e. The van der Waals surface area contributed by atoms with Crippen LogP contribution in [-0.4, -0.2) is 48.5 Å². The lowest BCUT2D eigenvalue weighted by molar-refractivity contribution is -0.148. The van der Waals surface area contributed by atoms with Crippen LogP contribution in [0.5, 0.6) is 0 Å². The summed E-state index contributed by atoms with van der Waals surface area (Å²) in [6.45, 7) is 2.26. The Kier molecular flexibility index (Phi) is 8.56. The number of nitrogens with zero attached hydrogens (tertiary/aromatic N) is 3. The quantitative estimate of drug-likeness (QED) is 0.238. The Labute approximate surface area is 232 Å². The van der Waals surface area contributed by atoms with E-state index in [0.717, 1.165) is 38.3 Å². The molecule has 0 saturated carbocycles. The maximum atomic E-state index is 13.6. The van der Waals surface area contributed by atoms with Crippen LogP contribution in [-0.2, 0) is 31.4 Å². The lowest BCUT2D eigenvalue weighted by atomic mass is 9.79. The van der Waals surface area contributed by atoms with Crippen molar-refractivity contribution < 1.29 is 55.0 Å². The van der Waals surface area contributed by atoms with E-state index in [9.17, 15) is 45.5 Å². The Balaban J connectivity index is 2.21. The van der Waals surface area contributed by atoms with E-state index in [0.29, 0.717) is 18.2 Å². The predicted octanol–water partition coefficient (Wildman–Crippen LogP) is 6.08.